The highest BCUT2D eigenvalue weighted by Gasteiger charge is 2.33. The zero-order chi connectivity index (χ0) is 10.3. The number of nitrogens with one attached hydrogen (secondary N) is 1. The molecule has 1 fully saturated rings. The van der Waals surface area contributed by atoms with E-state index in [-0.39, 0.29) is 5.82 Å². The van der Waals surface area contributed by atoms with Gasteiger partial charge in [0.25, 0.3) is 0 Å². The minimum Gasteiger partial charge on any atom is -0.490 e. The van der Waals surface area contributed by atoms with E-state index in [1.165, 1.54) is 6.07 Å². The number of ether oxygens (including phenoxy) is 1. The molecule has 0 bridgehead atoms. The molecule has 0 radical (unpaired) electrons. The summed E-state index contributed by atoms with van der Waals surface area (Å²) in [6, 6.07) is 5.24. The molecule has 0 spiro atoms. The largest absolute Gasteiger partial charge is 0.490 e. The van der Waals surface area contributed by atoms with Crippen LogP contribution in [-0.4, -0.2) is 19.7 Å². The number of para-hydroxylation sites is 1. The molecule has 2 atom stereocenters. The molecule has 0 amide bonds. The van der Waals surface area contributed by atoms with Crippen LogP contribution in [-0.2, 0) is 0 Å². The molecule has 0 saturated carbocycles. The van der Waals surface area contributed by atoms with Crippen molar-refractivity contribution in [3.05, 3.63) is 29.6 Å². The topological polar surface area (TPSA) is 21.3 Å². The van der Waals surface area contributed by atoms with Crippen LogP contribution < -0.4 is 10.1 Å². The fourth-order valence-corrected chi connectivity index (χ4v) is 2.68. The third kappa shape index (κ3) is 1.42. The van der Waals surface area contributed by atoms with E-state index in [2.05, 4.69) is 5.32 Å². The standard InChI is InChI=1S/C12H14FNO/c13-11-3-1-2-9-10-7-14-6-8(10)4-5-15-12(9)11/h1-3,8,10,14H,4-7H2. The highest BCUT2D eigenvalue weighted by Crippen LogP contribution is 2.39. The summed E-state index contributed by atoms with van der Waals surface area (Å²) in [7, 11) is 0. The van der Waals surface area contributed by atoms with Crippen LogP contribution in [0.25, 0.3) is 0 Å². The van der Waals surface area contributed by atoms with Crippen molar-refractivity contribution in [3.8, 4) is 5.75 Å². The average Bonchev–Trinajstić information content (AvgIpc) is 2.62. The van der Waals surface area contributed by atoms with Gasteiger partial charge in [0.05, 0.1) is 6.61 Å². The van der Waals surface area contributed by atoms with E-state index >= 15 is 0 Å². The fourth-order valence-electron chi connectivity index (χ4n) is 2.68. The second-order valence-electron chi connectivity index (χ2n) is 4.32. The Labute approximate surface area is 88.4 Å². The Bertz CT molecular complexity index is 380. The molecule has 0 aliphatic carbocycles. The minimum atomic E-state index is -0.222. The van der Waals surface area contributed by atoms with Gasteiger partial charge in [-0.1, -0.05) is 12.1 Å². The maximum Gasteiger partial charge on any atom is 0.165 e. The molecule has 2 heterocycles. The van der Waals surface area contributed by atoms with Crippen molar-refractivity contribution in [2.24, 2.45) is 5.92 Å². The Morgan fingerprint density at radius 3 is 3.20 bits per heavy atom. The van der Waals surface area contributed by atoms with Crippen molar-refractivity contribution in [3.63, 3.8) is 0 Å². The van der Waals surface area contributed by atoms with Crippen molar-refractivity contribution >= 4 is 0 Å². The Morgan fingerprint density at radius 1 is 1.33 bits per heavy atom. The Kier molecular flexibility index (Phi) is 2.13. The number of hydrogen-bond donors (Lipinski definition) is 1. The molecule has 15 heavy (non-hydrogen) atoms. The van der Waals surface area contributed by atoms with Gasteiger partial charge in [-0.25, -0.2) is 4.39 Å². The number of hydrogen-bond acceptors (Lipinski definition) is 2. The molecule has 1 aromatic carbocycles. The molecule has 1 saturated heterocycles. The van der Waals surface area contributed by atoms with Crippen molar-refractivity contribution in [1.82, 2.24) is 5.32 Å². The smallest absolute Gasteiger partial charge is 0.165 e. The quantitative estimate of drug-likeness (QED) is 0.701. The Morgan fingerprint density at radius 2 is 2.27 bits per heavy atom. The van der Waals surface area contributed by atoms with E-state index in [9.17, 15) is 4.39 Å². The molecule has 2 aliphatic heterocycles. The molecule has 3 heteroatoms. The van der Waals surface area contributed by atoms with Gasteiger partial charge in [0, 0.05) is 18.0 Å². The highest BCUT2D eigenvalue weighted by atomic mass is 19.1. The summed E-state index contributed by atoms with van der Waals surface area (Å²) in [5, 5.41) is 3.37. The van der Waals surface area contributed by atoms with Crippen LogP contribution >= 0.6 is 0 Å². The van der Waals surface area contributed by atoms with Gasteiger partial charge in [-0.3, -0.25) is 0 Å². The summed E-state index contributed by atoms with van der Waals surface area (Å²) >= 11 is 0. The zero-order valence-corrected chi connectivity index (χ0v) is 8.50. The lowest BCUT2D eigenvalue weighted by Gasteiger charge is -2.15. The van der Waals surface area contributed by atoms with Crippen LogP contribution in [0, 0.1) is 11.7 Å². The van der Waals surface area contributed by atoms with E-state index in [1.54, 1.807) is 6.07 Å². The van der Waals surface area contributed by atoms with Gasteiger partial charge in [-0.15, -0.1) is 0 Å². The van der Waals surface area contributed by atoms with E-state index < -0.39 is 0 Å². The first-order chi connectivity index (χ1) is 7.36. The van der Waals surface area contributed by atoms with Gasteiger partial charge in [0.1, 0.15) is 0 Å². The number of fused-ring (bicyclic) bond motifs is 3. The Balaban J connectivity index is 2.09. The summed E-state index contributed by atoms with van der Waals surface area (Å²) in [5.74, 6) is 1.29. The van der Waals surface area contributed by atoms with Gasteiger partial charge in [-0.2, -0.15) is 0 Å². The molecule has 2 nitrogen and oxygen atoms in total. The molecule has 1 N–H and O–H groups in total. The molecule has 2 unspecified atom stereocenters. The lowest BCUT2D eigenvalue weighted by Crippen LogP contribution is -2.11. The van der Waals surface area contributed by atoms with Gasteiger partial charge in [0.2, 0.25) is 0 Å². The van der Waals surface area contributed by atoms with Crippen molar-refractivity contribution < 1.29 is 9.13 Å². The SMILES string of the molecule is Fc1cccc2c1OCCC1CNCC21. The van der Waals surface area contributed by atoms with Gasteiger partial charge >= 0.3 is 0 Å². The molecule has 80 valence electrons. The summed E-state index contributed by atoms with van der Waals surface area (Å²) in [5.41, 5.74) is 1.04. The number of rotatable bonds is 0. The van der Waals surface area contributed by atoms with Crippen LogP contribution in [0.15, 0.2) is 18.2 Å². The third-order valence-electron chi connectivity index (χ3n) is 3.47. The van der Waals surface area contributed by atoms with Gasteiger partial charge in [-0.05, 0) is 24.9 Å². The zero-order valence-electron chi connectivity index (χ0n) is 8.50. The summed E-state index contributed by atoms with van der Waals surface area (Å²) in [6.07, 6.45) is 1.02. The first-order valence-corrected chi connectivity index (χ1v) is 5.48. The van der Waals surface area contributed by atoms with Crippen molar-refractivity contribution in [2.75, 3.05) is 19.7 Å². The normalized spacial score (nSPS) is 28.9. The predicted molar refractivity (Wildman–Crippen MR) is 55.6 cm³/mol. The molecular formula is C12H14FNO. The summed E-state index contributed by atoms with van der Waals surface area (Å²) in [4.78, 5) is 0. The maximum absolute atomic E-state index is 13.6. The first-order valence-electron chi connectivity index (χ1n) is 5.48. The number of benzene rings is 1. The predicted octanol–water partition coefficient (Wildman–Crippen LogP) is 1.91. The number of halogens is 1. The monoisotopic (exact) mass is 207 g/mol. The van der Waals surface area contributed by atoms with Crippen molar-refractivity contribution in [1.29, 1.82) is 0 Å². The first kappa shape index (κ1) is 9.16. The average molecular weight is 207 g/mol. The van der Waals surface area contributed by atoms with Crippen LogP contribution in [0.2, 0.25) is 0 Å². The second-order valence-corrected chi connectivity index (χ2v) is 4.32. The van der Waals surface area contributed by atoms with E-state index in [1.807, 2.05) is 6.07 Å². The van der Waals surface area contributed by atoms with Crippen LogP contribution in [0.3, 0.4) is 0 Å². The lowest BCUT2D eigenvalue weighted by molar-refractivity contribution is 0.284. The van der Waals surface area contributed by atoms with E-state index in [4.69, 9.17) is 4.74 Å². The molecule has 3 rings (SSSR count). The molecule has 2 aliphatic rings. The molecule has 0 aromatic heterocycles. The minimum absolute atomic E-state index is 0.222. The maximum atomic E-state index is 13.6. The van der Waals surface area contributed by atoms with E-state index in [0.29, 0.717) is 24.2 Å². The van der Waals surface area contributed by atoms with Crippen LogP contribution in [0.4, 0.5) is 4.39 Å². The van der Waals surface area contributed by atoms with Crippen LogP contribution in [0.1, 0.15) is 17.9 Å². The second kappa shape index (κ2) is 3.49. The lowest BCUT2D eigenvalue weighted by atomic mass is 9.87. The van der Waals surface area contributed by atoms with E-state index in [0.717, 1.165) is 25.1 Å². The molecular weight excluding hydrogens is 193 g/mol. The van der Waals surface area contributed by atoms with Crippen LogP contribution in [0.5, 0.6) is 5.75 Å². The Hall–Kier alpha value is -1.09. The molecule has 1 aromatic rings. The summed E-state index contributed by atoms with van der Waals surface area (Å²) in [6.45, 7) is 2.62. The summed E-state index contributed by atoms with van der Waals surface area (Å²) < 4.78 is 19.1. The van der Waals surface area contributed by atoms with Gasteiger partial charge < -0.3 is 10.1 Å². The van der Waals surface area contributed by atoms with Crippen molar-refractivity contribution in [2.45, 2.75) is 12.3 Å². The highest BCUT2D eigenvalue weighted by molar-refractivity contribution is 5.39. The fraction of sp³-hybridized carbons (Fsp3) is 0.500. The van der Waals surface area contributed by atoms with Gasteiger partial charge in [0.15, 0.2) is 11.6 Å². The third-order valence-corrected chi connectivity index (χ3v) is 3.47.